The Morgan fingerprint density at radius 2 is 1.77 bits per heavy atom. The summed E-state index contributed by atoms with van der Waals surface area (Å²) < 4.78 is 16.6. The van der Waals surface area contributed by atoms with Crippen molar-refractivity contribution < 1.29 is 13.2 Å². The van der Waals surface area contributed by atoms with Crippen LogP contribution < -0.4 is 9.92 Å². The van der Waals surface area contributed by atoms with Gasteiger partial charge in [0, 0.05) is 25.7 Å². The molecule has 0 saturated carbocycles. The Kier molecular flexibility index (Phi) is 5.09. The Balaban J connectivity index is 1.87. The van der Waals surface area contributed by atoms with Crippen molar-refractivity contribution in [2.75, 3.05) is 13.3 Å². The SMILES string of the molecule is CN1C(=O)C(c2ccc(OS(C)=O)cc2)(c2cccc(-c3cccnc3)c2)N=C1N. The summed E-state index contributed by atoms with van der Waals surface area (Å²) in [5.74, 6) is 0.326. The molecule has 0 spiro atoms. The highest BCUT2D eigenvalue weighted by atomic mass is 32.2. The summed E-state index contributed by atoms with van der Waals surface area (Å²) in [7, 11) is 1.60. The van der Waals surface area contributed by atoms with Crippen LogP contribution in [0.25, 0.3) is 11.1 Å². The number of hydrogen-bond donors (Lipinski definition) is 1. The van der Waals surface area contributed by atoms with E-state index in [0.29, 0.717) is 16.9 Å². The van der Waals surface area contributed by atoms with Gasteiger partial charge in [0.15, 0.2) is 11.5 Å². The molecule has 152 valence electrons. The molecule has 0 bridgehead atoms. The molecule has 2 unspecified atom stereocenters. The molecule has 1 aromatic heterocycles. The standard InChI is InChI=1S/C22H20N4O3S/c1-26-20(27)22(25-21(26)23,17-8-10-19(11-9-17)29-30(2)28)18-7-3-5-15(13-18)16-6-4-12-24-14-16/h3-14H,1-2H3,(H2,23,25). The van der Waals surface area contributed by atoms with Gasteiger partial charge in [-0.05, 0) is 46.5 Å². The molecule has 3 aromatic rings. The maximum atomic E-state index is 13.4. The monoisotopic (exact) mass is 420 g/mol. The second kappa shape index (κ2) is 7.72. The molecule has 0 saturated heterocycles. The van der Waals surface area contributed by atoms with E-state index in [1.54, 1.807) is 43.7 Å². The van der Waals surface area contributed by atoms with Gasteiger partial charge in [-0.25, -0.2) is 9.20 Å². The number of aliphatic imine (C=N–C) groups is 1. The summed E-state index contributed by atoms with van der Waals surface area (Å²) in [5.41, 5.74) is 7.90. The van der Waals surface area contributed by atoms with Crippen LogP contribution in [0.4, 0.5) is 0 Å². The number of likely N-dealkylation sites (N-methyl/N-ethyl adjacent to an activating group) is 1. The summed E-state index contributed by atoms with van der Waals surface area (Å²) in [5, 5.41) is 0. The minimum Gasteiger partial charge on any atom is -0.401 e. The van der Waals surface area contributed by atoms with Gasteiger partial charge in [-0.2, -0.15) is 0 Å². The number of guanidine groups is 1. The third-order valence-corrected chi connectivity index (χ3v) is 5.43. The molecule has 2 heterocycles. The van der Waals surface area contributed by atoms with Gasteiger partial charge in [0.05, 0.1) is 0 Å². The van der Waals surface area contributed by atoms with E-state index in [-0.39, 0.29) is 11.9 Å². The second-order valence-electron chi connectivity index (χ2n) is 6.88. The number of hydrogen-bond acceptors (Lipinski definition) is 6. The smallest absolute Gasteiger partial charge is 0.266 e. The first kappa shape index (κ1) is 19.8. The number of nitrogens with zero attached hydrogens (tertiary/aromatic N) is 3. The van der Waals surface area contributed by atoms with Crippen LogP contribution in [0.5, 0.6) is 5.75 Å². The molecule has 1 aliphatic heterocycles. The van der Waals surface area contributed by atoms with Crippen LogP contribution >= 0.6 is 0 Å². The van der Waals surface area contributed by atoms with Gasteiger partial charge in [0.25, 0.3) is 5.91 Å². The molecule has 4 rings (SSSR count). The van der Waals surface area contributed by atoms with Crippen molar-refractivity contribution >= 4 is 22.9 Å². The van der Waals surface area contributed by atoms with Crippen molar-refractivity contribution in [3.05, 3.63) is 84.2 Å². The van der Waals surface area contributed by atoms with E-state index in [9.17, 15) is 9.00 Å². The van der Waals surface area contributed by atoms with Crippen LogP contribution in [-0.2, 0) is 21.4 Å². The fourth-order valence-electron chi connectivity index (χ4n) is 3.53. The molecule has 0 radical (unpaired) electrons. The van der Waals surface area contributed by atoms with Crippen LogP contribution in [0.3, 0.4) is 0 Å². The lowest BCUT2D eigenvalue weighted by molar-refractivity contribution is -0.129. The molecule has 2 atom stereocenters. The Bertz CT molecular complexity index is 1150. The normalized spacial score (nSPS) is 19.5. The van der Waals surface area contributed by atoms with E-state index in [2.05, 4.69) is 9.98 Å². The third kappa shape index (κ3) is 3.35. The van der Waals surface area contributed by atoms with Crippen LogP contribution in [-0.4, -0.2) is 39.3 Å². The number of pyridine rings is 1. The largest absolute Gasteiger partial charge is 0.401 e. The van der Waals surface area contributed by atoms with E-state index in [4.69, 9.17) is 9.92 Å². The van der Waals surface area contributed by atoms with E-state index in [1.165, 1.54) is 11.2 Å². The molecule has 0 aliphatic carbocycles. The number of carbonyl (C=O) groups excluding carboxylic acids is 1. The molecule has 1 aliphatic rings. The first-order valence-corrected chi connectivity index (χ1v) is 10.7. The van der Waals surface area contributed by atoms with E-state index < -0.39 is 16.6 Å². The minimum atomic E-state index is -1.44. The predicted octanol–water partition coefficient (Wildman–Crippen LogP) is 2.45. The van der Waals surface area contributed by atoms with E-state index >= 15 is 0 Å². The quantitative estimate of drug-likeness (QED) is 0.684. The van der Waals surface area contributed by atoms with Crippen molar-refractivity contribution in [2.24, 2.45) is 10.7 Å². The predicted molar refractivity (Wildman–Crippen MR) is 116 cm³/mol. The summed E-state index contributed by atoms with van der Waals surface area (Å²) >= 11 is -1.44. The van der Waals surface area contributed by atoms with Gasteiger partial charge < -0.3 is 9.92 Å². The Morgan fingerprint density at radius 1 is 1.03 bits per heavy atom. The molecule has 2 N–H and O–H groups in total. The lowest BCUT2D eigenvalue weighted by Crippen LogP contribution is -2.41. The lowest BCUT2D eigenvalue weighted by atomic mass is 9.82. The second-order valence-corrected chi connectivity index (χ2v) is 7.85. The van der Waals surface area contributed by atoms with Gasteiger partial charge >= 0.3 is 0 Å². The molecular weight excluding hydrogens is 400 g/mol. The fraction of sp³-hybridized carbons (Fsp3) is 0.136. The van der Waals surface area contributed by atoms with Crippen LogP contribution in [0.2, 0.25) is 0 Å². The maximum absolute atomic E-state index is 13.4. The molecular formula is C22H20N4O3S. The maximum Gasteiger partial charge on any atom is 0.266 e. The Hall–Kier alpha value is -3.52. The molecule has 0 fully saturated rings. The highest BCUT2D eigenvalue weighted by molar-refractivity contribution is 7.79. The van der Waals surface area contributed by atoms with Crippen molar-refractivity contribution in [1.82, 2.24) is 9.88 Å². The molecule has 8 heteroatoms. The van der Waals surface area contributed by atoms with Crippen LogP contribution in [0, 0.1) is 0 Å². The van der Waals surface area contributed by atoms with Gasteiger partial charge in [0.1, 0.15) is 5.75 Å². The Morgan fingerprint density at radius 3 is 2.37 bits per heavy atom. The van der Waals surface area contributed by atoms with Crippen molar-refractivity contribution in [2.45, 2.75) is 5.54 Å². The van der Waals surface area contributed by atoms with Crippen molar-refractivity contribution in [3.63, 3.8) is 0 Å². The Labute approximate surface area is 176 Å². The van der Waals surface area contributed by atoms with Crippen LogP contribution in [0.15, 0.2) is 78.0 Å². The van der Waals surface area contributed by atoms with Gasteiger partial charge in [-0.1, -0.05) is 36.4 Å². The summed E-state index contributed by atoms with van der Waals surface area (Å²) in [6.45, 7) is 0. The number of rotatable bonds is 5. The number of nitrogens with two attached hydrogens (primary N) is 1. The van der Waals surface area contributed by atoms with E-state index in [1.807, 2.05) is 36.4 Å². The molecule has 7 nitrogen and oxygen atoms in total. The lowest BCUT2D eigenvalue weighted by Gasteiger charge is -2.26. The zero-order chi connectivity index (χ0) is 21.3. The molecule has 30 heavy (non-hydrogen) atoms. The average molecular weight is 420 g/mol. The summed E-state index contributed by atoms with van der Waals surface area (Å²) in [6, 6.07) is 18.3. The van der Waals surface area contributed by atoms with Gasteiger partial charge in [0.2, 0.25) is 11.1 Å². The highest BCUT2D eigenvalue weighted by Crippen LogP contribution is 2.41. The first-order chi connectivity index (χ1) is 14.4. The van der Waals surface area contributed by atoms with Gasteiger partial charge in [-0.15, -0.1) is 0 Å². The number of aromatic nitrogens is 1. The average Bonchev–Trinajstić information content (AvgIpc) is 2.99. The molecule has 2 aromatic carbocycles. The fourth-order valence-corrected chi connectivity index (χ4v) is 3.91. The summed E-state index contributed by atoms with van der Waals surface area (Å²) in [4.78, 5) is 23.5. The van der Waals surface area contributed by atoms with E-state index in [0.717, 1.165) is 11.1 Å². The van der Waals surface area contributed by atoms with Crippen molar-refractivity contribution in [1.29, 1.82) is 0 Å². The summed E-state index contributed by atoms with van der Waals surface area (Å²) in [6.07, 6.45) is 4.92. The first-order valence-electron chi connectivity index (χ1n) is 9.18. The number of benzene rings is 2. The van der Waals surface area contributed by atoms with Gasteiger partial charge in [-0.3, -0.25) is 14.7 Å². The minimum absolute atomic E-state index is 0.141. The number of carbonyl (C=O) groups is 1. The number of amides is 1. The highest BCUT2D eigenvalue weighted by Gasteiger charge is 2.49. The zero-order valence-electron chi connectivity index (χ0n) is 16.5. The zero-order valence-corrected chi connectivity index (χ0v) is 17.3. The van der Waals surface area contributed by atoms with Crippen LogP contribution in [0.1, 0.15) is 11.1 Å². The third-order valence-electron chi connectivity index (χ3n) is 5.00. The molecule has 1 amide bonds. The topological polar surface area (TPSA) is 97.9 Å². The van der Waals surface area contributed by atoms with Crippen molar-refractivity contribution in [3.8, 4) is 16.9 Å².